The number of halogens is 4. The zero-order valence-corrected chi connectivity index (χ0v) is 23.3. The molecule has 204 valence electrons. The first-order valence-corrected chi connectivity index (χ1v) is 12.6. The maximum absolute atomic E-state index is 14.9. The van der Waals surface area contributed by atoms with Crippen molar-refractivity contribution in [3.8, 4) is 0 Å². The number of hydrogen-bond acceptors (Lipinski definition) is 0. The van der Waals surface area contributed by atoms with Crippen molar-refractivity contribution >= 4 is 0 Å². The van der Waals surface area contributed by atoms with Crippen LogP contribution in [0.1, 0.15) is 60.3 Å². The lowest BCUT2D eigenvalue weighted by molar-refractivity contribution is 0.309. The zero-order chi connectivity index (χ0) is 29.0. The van der Waals surface area contributed by atoms with Crippen molar-refractivity contribution in [2.24, 2.45) is 23.7 Å². The van der Waals surface area contributed by atoms with Gasteiger partial charge in [0.05, 0.1) is 0 Å². The molecule has 0 N–H and O–H groups in total. The zero-order valence-electron chi connectivity index (χ0n) is 23.3. The first kappa shape index (κ1) is 34.1. The Balaban J connectivity index is 5.20. The smallest absolute Gasteiger partial charge is 0.166 e. The highest BCUT2D eigenvalue weighted by Crippen LogP contribution is 2.33. The van der Waals surface area contributed by atoms with Crippen LogP contribution in [0.25, 0.3) is 0 Å². The third-order valence-electron chi connectivity index (χ3n) is 6.93. The van der Waals surface area contributed by atoms with Gasteiger partial charge in [-0.3, -0.25) is 0 Å². The van der Waals surface area contributed by atoms with E-state index in [1.54, 1.807) is 0 Å². The van der Waals surface area contributed by atoms with Gasteiger partial charge in [-0.05, 0) is 78.6 Å². The van der Waals surface area contributed by atoms with Gasteiger partial charge in [0.1, 0.15) is 0 Å². The van der Waals surface area contributed by atoms with Crippen molar-refractivity contribution < 1.29 is 17.6 Å². The van der Waals surface area contributed by atoms with Crippen LogP contribution in [0, 0.1) is 23.7 Å². The van der Waals surface area contributed by atoms with E-state index in [-0.39, 0.29) is 39.4 Å². The van der Waals surface area contributed by atoms with Gasteiger partial charge in [-0.15, -0.1) is 6.58 Å². The fourth-order valence-corrected chi connectivity index (χ4v) is 3.39. The van der Waals surface area contributed by atoms with E-state index >= 15 is 0 Å². The Morgan fingerprint density at radius 1 is 0.622 bits per heavy atom. The summed E-state index contributed by atoms with van der Waals surface area (Å²) in [6, 6.07) is 0. The van der Waals surface area contributed by atoms with Gasteiger partial charge >= 0.3 is 0 Å². The molecule has 0 heterocycles. The fourth-order valence-electron chi connectivity index (χ4n) is 3.39. The molecule has 0 aliphatic heterocycles. The minimum Gasteiger partial charge on any atom is -0.203 e. The van der Waals surface area contributed by atoms with Crippen LogP contribution >= 0.6 is 0 Å². The highest BCUT2D eigenvalue weighted by Gasteiger charge is 2.21. The standard InChI is InChI=1S/C33H44F4/c1-13-21(4)14-15-22(5)23(6)16-17-24(7)28(11)32(36)33(37)29(12)26(9)19-18-25(8)27(10)31(35)30(34)20(2)3/h13,18-19,21-24H,1-2,8-12,14-17H2,3-7H3/b19-18-,31-30-,33-32-. The van der Waals surface area contributed by atoms with E-state index in [1.807, 2.05) is 13.0 Å². The van der Waals surface area contributed by atoms with E-state index in [0.717, 1.165) is 19.3 Å². The minimum absolute atomic E-state index is 0.0352. The highest BCUT2D eigenvalue weighted by molar-refractivity contribution is 5.54. The second kappa shape index (κ2) is 16.1. The summed E-state index contributed by atoms with van der Waals surface area (Å²) in [7, 11) is 0. The van der Waals surface area contributed by atoms with Gasteiger partial charge in [0.15, 0.2) is 23.3 Å². The van der Waals surface area contributed by atoms with E-state index in [4.69, 9.17) is 0 Å². The summed E-state index contributed by atoms with van der Waals surface area (Å²) < 4.78 is 57.6. The van der Waals surface area contributed by atoms with Gasteiger partial charge in [0, 0.05) is 11.1 Å². The molecule has 0 nitrogen and oxygen atoms in total. The molecule has 0 aromatic carbocycles. The molecule has 0 spiro atoms. The molecule has 0 aliphatic rings. The Bertz CT molecular complexity index is 1010. The van der Waals surface area contributed by atoms with Gasteiger partial charge < -0.3 is 0 Å². The lowest BCUT2D eigenvalue weighted by Gasteiger charge is -2.23. The Labute approximate surface area is 222 Å². The van der Waals surface area contributed by atoms with Crippen molar-refractivity contribution in [3.05, 3.63) is 121 Å². The normalized spacial score (nSPS) is 16.1. The molecule has 0 radical (unpaired) electrons. The van der Waals surface area contributed by atoms with Crippen molar-refractivity contribution in [1.29, 1.82) is 0 Å². The van der Waals surface area contributed by atoms with Crippen molar-refractivity contribution in [2.45, 2.75) is 60.3 Å². The third-order valence-corrected chi connectivity index (χ3v) is 6.93. The molecule has 0 bridgehead atoms. The first-order chi connectivity index (χ1) is 17.1. The summed E-state index contributed by atoms with van der Waals surface area (Å²) in [6.07, 6.45) is 8.25. The van der Waals surface area contributed by atoms with Crippen LogP contribution in [-0.4, -0.2) is 0 Å². The second-order valence-electron chi connectivity index (χ2n) is 10.1. The molecule has 0 saturated carbocycles. The van der Waals surface area contributed by atoms with E-state index in [1.165, 1.54) is 19.1 Å². The molecule has 0 rings (SSSR count). The molecule has 0 aliphatic carbocycles. The predicted octanol–water partition coefficient (Wildman–Crippen LogP) is 11.5. The minimum atomic E-state index is -1.19. The molecule has 0 aromatic rings. The van der Waals surface area contributed by atoms with Crippen LogP contribution in [0.15, 0.2) is 121 Å². The quantitative estimate of drug-likeness (QED) is 0.102. The SMILES string of the molecule is C=CC(C)CCC(C)C(C)CCC(C)C(=C)/C(F)=C(/F)C(=C)C(=C)/C=C\C(=C)C(=C)/C(F)=C(/F)C(=C)C. The lowest BCUT2D eigenvalue weighted by Crippen LogP contribution is -2.11. The van der Waals surface area contributed by atoms with Crippen molar-refractivity contribution in [2.75, 3.05) is 0 Å². The van der Waals surface area contributed by atoms with Crippen LogP contribution in [-0.2, 0) is 0 Å². The Morgan fingerprint density at radius 3 is 1.43 bits per heavy atom. The molecular formula is C33H44F4. The topological polar surface area (TPSA) is 0 Å². The summed E-state index contributed by atoms with van der Waals surface area (Å²) in [5, 5.41) is 0. The van der Waals surface area contributed by atoms with E-state index < -0.39 is 23.3 Å². The van der Waals surface area contributed by atoms with Crippen LogP contribution in [0.5, 0.6) is 0 Å². The molecule has 0 fully saturated rings. The van der Waals surface area contributed by atoms with Gasteiger partial charge in [-0.2, -0.15) is 0 Å². The number of hydrogen-bond donors (Lipinski definition) is 0. The van der Waals surface area contributed by atoms with Crippen LogP contribution < -0.4 is 0 Å². The van der Waals surface area contributed by atoms with Crippen molar-refractivity contribution in [1.82, 2.24) is 0 Å². The van der Waals surface area contributed by atoms with Crippen LogP contribution in [0.4, 0.5) is 17.6 Å². The van der Waals surface area contributed by atoms with Gasteiger partial charge in [-0.1, -0.05) is 85.4 Å². The van der Waals surface area contributed by atoms with E-state index in [0.29, 0.717) is 24.2 Å². The Kier molecular flexibility index (Phi) is 14.8. The van der Waals surface area contributed by atoms with Crippen LogP contribution in [0.2, 0.25) is 0 Å². The lowest BCUT2D eigenvalue weighted by atomic mass is 9.83. The van der Waals surface area contributed by atoms with Gasteiger partial charge in [-0.25, -0.2) is 17.6 Å². The monoisotopic (exact) mass is 516 g/mol. The molecule has 0 saturated heterocycles. The maximum atomic E-state index is 14.9. The summed E-state index contributed by atoms with van der Waals surface area (Å²) in [6.45, 7) is 35.0. The molecule has 37 heavy (non-hydrogen) atoms. The van der Waals surface area contributed by atoms with Gasteiger partial charge in [0.25, 0.3) is 0 Å². The number of rotatable bonds is 17. The molecule has 4 unspecified atom stereocenters. The van der Waals surface area contributed by atoms with Crippen LogP contribution in [0.3, 0.4) is 0 Å². The summed E-state index contributed by atoms with van der Waals surface area (Å²) in [4.78, 5) is 0. The molecular weight excluding hydrogens is 472 g/mol. The average Bonchev–Trinajstić information content (AvgIpc) is 2.88. The van der Waals surface area contributed by atoms with Gasteiger partial charge in [0.2, 0.25) is 0 Å². The molecule has 0 aromatic heterocycles. The summed E-state index contributed by atoms with van der Waals surface area (Å²) in [5.74, 6) is -3.36. The predicted molar refractivity (Wildman–Crippen MR) is 153 cm³/mol. The first-order valence-electron chi connectivity index (χ1n) is 12.6. The maximum Gasteiger partial charge on any atom is 0.166 e. The Morgan fingerprint density at radius 2 is 1.03 bits per heavy atom. The van der Waals surface area contributed by atoms with Crippen molar-refractivity contribution in [3.63, 3.8) is 0 Å². The Hall–Kier alpha value is -2.88. The molecule has 4 atom stereocenters. The average molecular weight is 517 g/mol. The number of allylic oxidation sites excluding steroid dienone is 13. The van der Waals surface area contributed by atoms with E-state index in [9.17, 15) is 17.6 Å². The molecule has 4 heteroatoms. The van der Waals surface area contributed by atoms with E-state index in [2.05, 4.69) is 66.8 Å². The fraction of sp³-hybridized carbons (Fsp3) is 0.394. The largest absolute Gasteiger partial charge is 0.203 e. The summed E-state index contributed by atoms with van der Waals surface area (Å²) >= 11 is 0. The third kappa shape index (κ3) is 11.0. The summed E-state index contributed by atoms with van der Waals surface area (Å²) in [5.41, 5.74) is -0.513. The highest BCUT2D eigenvalue weighted by atomic mass is 19.2. The molecule has 0 amide bonds. The second-order valence-corrected chi connectivity index (χ2v) is 10.1.